The Balaban J connectivity index is 2.35. The van der Waals surface area contributed by atoms with Crippen molar-refractivity contribution in [1.82, 2.24) is 0 Å². The Hall–Kier alpha value is -1.32. The summed E-state index contributed by atoms with van der Waals surface area (Å²) in [5.41, 5.74) is 2.75. The van der Waals surface area contributed by atoms with Gasteiger partial charge in [-0.25, -0.2) is 0 Å². The van der Waals surface area contributed by atoms with Crippen molar-refractivity contribution in [2.75, 3.05) is 13.2 Å². The maximum absolute atomic E-state index is 12.4. The van der Waals surface area contributed by atoms with Crippen LogP contribution in [0.4, 0.5) is 0 Å². The van der Waals surface area contributed by atoms with Crippen molar-refractivity contribution in [3.05, 3.63) is 11.1 Å². The lowest BCUT2D eigenvalue weighted by atomic mass is 9.74. The van der Waals surface area contributed by atoms with Gasteiger partial charge in [-0.1, -0.05) is 25.0 Å². The molecule has 4 atom stereocenters. The number of esters is 2. The van der Waals surface area contributed by atoms with E-state index in [1.54, 1.807) is 13.8 Å². The number of carbonyl (C=O) groups excluding carboxylic acids is 2. The summed E-state index contributed by atoms with van der Waals surface area (Å²) in [4.78, 5) is 24.7. The van der Waals surface area contributed by atoms with Gasteiger partial charge in [0.25, 0.3) is 0 Å². The van der Waals surface area contributed by atoms with Crippen LogP contribution in [0.1, 0.15) is 47.0 Å². The quantitative estimate of drug-likeness (QED) is 0.558. The molecule has 2 rings (SSSR count). The third-order valence-corrected chi connectivity index (χ3v) is 4.95. The van der Waals surface area contributed by atoms with E-state index < -0.39 is 0 Å². The van der Waals surface area contributed by atoms with Gasteiger partial charge >= 0.3 is 11.9 Å². The van der Waals surface area contributed by atoms with Crippen LogP contribution in [-0.4, -0.2) is 25.2 Å². The van der Waals surface area contributed by atoms with Gasteiger partial charge in [-0.2, -0.15) is 0 Å². The van der Waals surface area contributed by atoms with Crippen molar-refractivity contribution in [2.24, 2.45) is 23.7 Å². The van der Waals surface area contributed by atoms with E-state index in [1.165, 1.54) is 11.1 Å². The Bertz CT molecular complexity index is 412. The molecule has 0 aromatic carbocycles. The van der Waals surface area contributed by atoms with Crippen molar-refractivity contribution in [2.45, 2.75) is 47.0 Å². The smallest absolute Gasteiger partial charge is 0.310 e. The van der Waals surface area contributed by atoms with Crippen LogP contribution in [0.3, 0.4) is 0 Å². The Morgan fingerprint density at radius 2 is 1.24 bits per heavy atom. The predicted octanol–water partition coefficient (Wildman–Crippen LogP) is 3.11. The first-order valence-corrected chi connectivity index (χ1v) is 8.15. The average molecular weight is 294 g/mol. The first-order chi connectivity index (χ1) is 10.1. The third-order valence-electron chi connectivity index (χ3n) is 4.95. The summed E-state index contributed by atoms with van der Waals surface area (Å²) in [5, 5.41) is 0. The van der Waals surface area contributed by atoms with E-state index in [9.17, 15) is 9.59 Å². The van der Waals surface area contributed by atoms with E-state index in [4.69, 9.17) is 9.47 Å². The van der Waals surface area contributed by atoms with Gasteiger partial charge in [-0.3, -0.25) is 9.59 Å². The lowest BCUT2D eigenvalue weighted by molar-refractivity contribution is -0.161. The summed E-state index contributed by atoms with van der Waals surface area (Å²) in [7, 11) is 0. The molecule has 0 aromatic rings. The summed E-state index contributed by atoms with van der Waals surface area (Å²) in [6, 6.07) is 0. The van der Waals surface area contributed by atoms with Gasteiger partial charge in [-0.05, 0) is 44.9 Å². The van der Waals surface area contributed by atoms with E-state index >= 15 is 0 Å². The predicted molar refractivity (Wildman–Crippen MR) is 79.5 cm³/mol. The van der Waals surface area contributed by atoms with E-state index in [-0.39, 0.29) is 35.6 Å². The number of ether oxygens (including phenoxy) is 2. The third kappa shape index (κ3) is 2.60. The summed E-state index contributed by atoms with van der Waals surface area (Å²) in [6.45, 7) is 8.58. The minimum absolute atomic E-state index is 0.170. The van der Waals surface area contributed by atoms with Crippen molar-refractivity contribution in [3.63, 3.8) is 0 Å². The molecular formula is C17H26O4. The molecular weight excluding hydrogens is 268 g/mol. The Labute approximate surface area is 126 Å². The number of fused-ring (bicyclic) bond motifs is 2. The molecule has 0 aromatic heterocycles. The van der Waals surface area contributed by atoms with Crippen molar-refractivity contribution in [3.8, 4) is 0 Å². The second-order valence-corrected chi connectivity index (χ2v) is 5.76. The van der Waals surface area contributed by atoms with Crippen LogP contribution in [0.25, 0.3) is 0 Å². The topological polar surface area (TPSA) is 52.6 Å². The van der Waals surface area contributed by atoms with Gasteiger partial charge in [0.2, 0.25) is 0 Å². The summed E-state index contributed by atoms with van der Waals surface area (Å²) >= 11 is 0. The maximum atomic E-state index is 12.4. The number of carbonyl (C=O) groups is 2. The Morgan fingerprint density at radius 1 is 0.857 bits per heavy atom. The van der Waals surface area contributed by atoms with Gasteiger partial charge in [0.1, 0.15) is 0 Å². The monoisotopic (exact) mass is 294 g/mol. The molecule has 0 radical (unpaired) electrons. The van der Waals surface area contributed by atoms with E-state index in [2.05, 4.69) is 13.8 Å². The number of allylic oxidation sites excluding steroid dienone is 2. The Kier molecular flexibility index (Phi) is 5.07. The molecule has 0 saturated heterocycles. The van der Waals surface area contributed by atoms with Crippen LogP contribution in [0.5, 0.6) is 0 Å². The molecule has 0 spiro atoms. The second kappa shape index (κ2) is 6.63. The highest BCUT2D eigenvalue weighted by atomic mass is 16.5. The largest absolute Gasteiger partial charge is 0.466 e. The van der Waals surface area contributed by atoms with Gasteiger partial charge in [-0.15, -0.1) is 0 Å². The van der Waals surface area contributed by atoms with Gasteiger partial charge in [0.05, 0.1) is 25.0 Å². The minimum Gasteiger partial charge on any atom is -0.466 e. The average Bonchev–Trinajstić information content (AvgIpc) is 3.01. The standard InChI is InChI=1S/C17H26O4/c1-5-10-11(6-2)13-9-12(10)14(16(18)20-7-3)15(13)17(19)21-8-4/h12-15H,5-9H2,1-4H3. The SMILES string of the molecule is CCOC(=O)C1C2CC(C(CC)=C2CC)C1C(=O)OCC. The molecule has 0 amide bonds. The molecule has 2 aliphatic rings. The van der Waals surface area contributed by atoms with Gasteiger partial charge in [0.15, 0.2) is 0 Å². The molecule has 4 heteroatoms. The molecule has 21 heavy (non-hydrogen) atoms. The molecule has 1 saturated carbocycles. The van der Waals surface area contributed by atoms with Crippen LogP contribution >= 0.6 is 0 Å². The first kappa shape index (κ1) is 16.1. The highest BCUT2D eigenvalue weighted by Gasteiger charge is 2.57. The van der Waals surface area contributed by atoms with Crippen molar-refractivity contribution in [1.29, 1.82) is 0 Å². The van der Waals surface area contributed by atoms with Crippen LogP contribution in [0, 0.1) is 23.7 Å². The van der Waals surface area contributed by atoms with E-state index in [1.807, 2.05) is 0 Å². The van der Waals surface area contributed by atoms with Crippen LogP contribution in [0.15, 0.2) is 11.1 Å². The molecule has 2 aliphatic carbocycles. The molecule has 0 aliphatic heterocycles. The number of hydrogen-bond acceptors (Lipinski definition) is 4. The zero-order valence-electron chi connectivity index (χ0n) is 13.5. The molecule has 4 unspecified atom stereocenters. The summed E-state index contributed by atoms with van der Waals surface area (Å²) in [6.07, 6.45) is 2.81. The summed E-state index contributed by atoms with van der Waals surface area (Å²) < 4.78 is 10.5. The molecule has 2 bridgehead atoms. The van der Waals surface area contributed by atoms with Crippen molar-refractivity contribution < 1.29 is 19.1 Å². The molecule has 118 valence electrons. The zero-order valence-corrected chi connectivity index (χ0v) is 13.5. The van der Waals surface area contributed by atoms with Crippen LogP contribution < -0.4 is 0 Å². The lowest BCUT2D eigenvalue weighted by Crippen LogP contribution is -2.38. The molecule has 0 N–H and O–H groups in total. The zero-order chi connectivity index (χ0) is 15.6. The minimum atomic E-state index is -0.348. The van der Waals surface area contributed by atoms with Crippen molar-refractivity contribution >= 4 is 11.9 Å². The fourth-order valence-electron chi connectivity index (χ4n) is 4.34. The van der Waals surface area contributed by atoms with Gasteiger partial charge < -0.3 is 9.47 Å². The summed E-state index contributed by atoms with van der Waals surface area (Å²) in [5.74, 6) is -0.821. The second-order valence-electron chi connectivity index (χ2n) is 5.76. The number of hydrogen-bond donors (Lipinski definition) is 0. The maximum Gasteiger partial charge on any atom is 0.310 e. The fraction of sp³-hybridized carbons (Fsp3) is 0.765. The highest BCUT2D eigenvalue weighted by molar-refractivity contribution is 5.85. The van der Waals surface area contributed by atoms with Crippen LogP contribution in [-0.2, 0) is 19.1 Å². The molecule has 1 fully saturated rings. The Morgan fingerprint density at radius 3 is 1.52 bits per heavy atom. The number of rotatable bonds is 6. The highest BCUT2D eigenvalue weighted by Crippen LogP contribution is 2.57. The van der Waals surface area contributed by atoms with Crippen LogP contribution in [0.2, 0.25) is 0 Å². The first-order valence-electron chi connectivity index (χ1n) is 8.15. The molecule has 0 heterocycles. The van der Waals surface area contributed by atoms with Gasteiger partial charge in [0, 0.05) is 0 Å². The normalized spacial score (nSPS) is 30.7. The van der Waals surface area contributed by atoms with E-state index in [0.29, 0.717) is 13.2 Å². The lowest BCUT2D eigenvalue weighted by Gasteiger charge is -2.31. The molecule has 4 nitrogen and oxygen atoms in total. The van der Waals surface area contributed by atoms with E-state index in [0.717, 1.165) is 19.3 Å². The fourth-order valence-corrected chi connectivity index (χ4v) is 4.34.